The summed E-state index contributed by atoms with van der Waals surface area (Å²) in [6.45, 7) is 6.78. The summed E-state index contributed by atoms with van der Waals surface area (Å²) in [5.41, 5.74) is 3.66. The van der Waals surface area contributed by atoms with Crippen molar-refractivity contribution in [3.8, 4) is 0 Å². The number of rotatable bonds is 10. The van der Waals surface area contributed by atoms with Gasteiger partial charge in [0.25, 0.3) is 0 Å². The van der Waals surface area contributed by atoms with E-state index in [2.05, 4.69) is 56.7 Å². The second-order valence-corrected chi connectivity index (χ2v) is 9.83. The quantitative estimate of drug-likeness (QED) is 0.328. The van der Waals surface area contributed by atoms with Crippen molar-refractivity contribution in [2.24, 2.45) is 4.99 Å². The Hall–Kier alpha value is -2.10. The molecule has 0 bridgehead atoms. The molecule has 3 rings (SSSR count). The van der Waals surface area contributed by atoms with E-state index < -0.39 is 10.0 Å². The molecule has 2 aromatic rings. The minimum Gasteiger partial charge on any atom is -0.377 e. The molecule has 4 N–H and O–H groups in total. The molecule has 1 atom stereocenters. The molecule has 0 amide bonds. The lowest BCUT2D eigenvalue weighted by molar-refractivity contribution is 0.0200. The zero-order valence-electron chi connectivity index (χ0n) is 18.5. The van der Waals surface area contributed by atoms with Crippen LogP contribution in [-0.2, 0) is 21.2 Å². The van der Waals surface area contributed by atoms with E-state index in [0.29, 0.717) is 32.2 Å². The Balaban J connectivity index is 1.46. The van der Waals surface area contributed by atoms with Crippen LogP contribution in [-0.4, -0.2) is 64.0 Å². The molecule has 8 nitrogen and oxygen atoms in total. The van der Waals surface area contributed by atoms with Gasteiger partial charge in [-0.3, -0.25) is 4.99 Å². The van der Waals surface area contributed by atoms with Crippen LogP contribution >= 0.6 is 0 Å². The molecule has 1 aromatic carbocycles. The van der Waals surface area contributed by atoms with E-state index in [-0.39, 0.29) is 18.4 Å². The highest BCUT2D eigenvalue weighted by atomic mass is 32.2. The lowest BCUT2D eigenvalue weighted by atomic mass is 10.1. The number of nitrogens with zero attached hydrogens (tertiary/aromatic N) is 1. The second-order valence-electron chi connectivity index (χ2n) is 7.90. The molecule has 1 aliphatic heterocycles. The normalized spacial score (nSPS) is 17.7. The zero-order valence-corrected chi connectivity index (χ0v) is 19.4. The number of nitrogens with one attached hydrogen (secondary N) is 4. The van der Waals surface area contributed by atoms with Gasteiger partial charge >= 0.3 is 0 Å². The van der Waals surface area contributed by atoms with E-state index in [0.717, 1.165) is 31.2 Å². The summed E-state index contributed by atoms with van der Waals surface area (Å²) in [7, 11) is -3.37. The number of aromatic amines is 1. The number of ether oxygens (including phenoxy) is 1. The number of H-pyrrole nitrogens is 1. The number of sulfonamides is 1. The molecule has 2 heterocycles. The van der Waals surface area contributed by atoms with Crippen molar-refractivity contribution in [3.63, 3.8) is 0 Å². The average Bonchev–Trinajstić information content (AvgIpc) is 3.17. The van der Waals surface area contributed by atoms with E-state index in [9.17, 15) is 8.42 Å². The third-order valence-corrected chi connectivity index (χ3v) is 6.79. The summed E-state index contributed by atoms with van der Waals surface area (Å²) in [6.07, 6.45) is 5.93. The highest BCUT2D eigenvalue weighted by molar-refractivity contribution is 7.89. The standard InChI is InChI=1S/C22H35N5O3S/c1-3-23-22(24-11-10-18-15-26-20-9-6-7-17(2)21(18)20)25-12-14-31(28,29)27-16-19-8-4-5-13-30-19/h6-7,9,15,19,26-27H,3-5,8,10-14,16H2,1-2H3,(H2,23,24,25). The van der Waals surface area contributed by atoms with Crippen LogP contribution in [0.2, 0.25) is 0 Å². The molecule has 1 unspecified atom stereocenters. The minimum absolute atomic E-state index is 0.0147. The number of hydrogen-bond donors (Lipinski definition) is 4. The zero-order chi connectivity index (χ0) is 22.1. The molecule has 0 spiro atoms. The monoisotopic (exact) mass is 449 g/mol. The van der Waals surface area contributed by atoms with Crippen LogP contribution in [0.5, 0.6) is 0 Å². The topological polar surface area (TPSA) is 108 Å². The van der Waals surface area contributed by atoms with Crippen LogP contribution in [0.1, 0.15) is 37.3 Å². The molecule has 0 radical (unpaired) electrons. The Kier molecular flexibility index (Phi) is 8.74. The predicted octanol–water partition coefficient (Wildman–Crippen LogP) is 2.06. The van der Waals surface area contributed by atoms with Crippen LogP contribution in [0.15, 0.2) is 29.4 Å². The number of benzene rings is 1. The van der Waals surface area contributed by atoms with Crippen LogP contribution in [0.4, 0.5) is 0 Å². The van der Waals surface area contributed by atoms with Crippen molar-refractivity contribution in [1.82, 2.24) is 20.3 Å². The minimum atomic E-state index is -3.37. The van der Waals surface area contributed by atoms with Gasteiger partial charge in [-0.25, -0.2) is 13.1 Å². The van der Waals surface area contributed by atoms with E-state index in [1.165, 1.54) is 16.5 Å². The smallest absolute Gasteiger partial charge is 0.213 e. The fourth-order valence-electron chi connectivity index (χ4n) is 3.84. The third-order valence-electron chi connectivity index (χ3n) is 5.46. The number of guanidine groups is 1. The van der Waals surface area contributed by atoms with Crippen LogP contribution < -0.4 is 15.4 Å². The molecule has 1 aliphatic rings. The van der Waals surface area contributed by atoms with Crippen molar-refractivity contribution >= 4 is 26.9 Å². The highest BCUT2D eigenvalue weighted by Crippen LogP contribution is 2.22. The average molecular weight is 450 g/mol. The summed E-state index contributed by atoms with van der Waals surface area (Å²) < 4.78 is 32.7. The van der Waals surface area contributed by atoms with Gasteiger partial charge in [0, 0.05) is 43.3 Å². The lowest BCUT2D eigenvalue weighted by Crippen LogP contribution is -2.39. The molecular formula is C22H35N5O3S. The maximum atomic E-state index is 12.3. The molecule has 172 valence electrons. The van der Waals surface area contributed by atoms with Crippen molar-refractivity contribution in [2.75, 3.05) is 38.5 Å². The molecule has 31 heavy (non-hydrogen) atoms. The highest BCUT2D eigenvalue weighted by Gasteiger charge is 2.17. The van der Waals surface area contributed by atoms with E-state index >= 15 is 0 Å². The third kappa shape index (κ3) is 7.22. The molecule has 1 aromatic heterocycles. The second kappa shape index (κ2) is 11.5. The number of aliphatic imine (C=N–C) groups is 1. The first-order valence-electron chi connectivity index (χ1n) is 11.1. The first-order valence-corrected chi connectivity index (χ1v) is 12.8. The fraction of sp³-hybridized carbons (Fsp3) is 0.591. The SMILES string of the molecule is CCNC(=NCCS(=O)(=O)NCC1CCCCO1)NCCc1c[nH]c2cccc(C)c12. The summed E-state index contributed by atoms with van der Waals surface area (Å²) in [5.74, 6) is 0.586. The van der Waals surface area contributed by atoms with E-state index in [1.54, 1.807) is 0 Å². The van der Waals surface area contributed by atoms with Gasteiger partial charge in [0.1, 0.15) is 0 Å². The van der Waals surface area contributed by atoms with Crippen molar-refractivity contribution in [1.29, 1.82) is 0 Å². The summed E-state index contributed by atoms with van der Waals surface area (Å²) >= 11 is 0. The van der Waals surface area contributed by atoms with E-state index in [1.807, 2.05) is 6.92 Å². The van der Waals surface area contributed by atoms with Gasteiger partial charge in [-0.1, -0.05) is 12.1 Å². The Morgan fingerprint density at radius 2 is 2.16 bits per heavy atom. The van der Waals surface area contributed by atoms with Gasteiger partial charge < -0.3 is 20.4 Å². The van der Waals surface area contributed by atoms with Crippen molar-refractivity contribution < 1.29 is 13.2 Å². The molecule has 1 fully saturated rings. The summed E-state index contributed by atoms with van der Waals surface area (Å²) in [6, 6.07) is 6.25. The predicted molar refractivity (Wildman–Crippen MR) is 126 cm³/mol. The molecular weight excluding hydrogens is 414 g/mol. The fourth-order valence-corrected chi connectivity index (χ4v) is 4.76. The van der Waals surface area contributed by atoms with Gasteiger partial charge in [-0.05, 0) is 56.7 Å². The van der Waals surface area contributed by atoms with Gasteiger partial charge in [0.15, 0.2) is 5.96 Å². The molecule has 0 aliphatic carbocycles. The Morgan fingerprint density at radius 1 is 1.29 bits per heavy atom. The number of aryl methyl sites for hydroxylation is 1. The maximum absolute atomic E-state index is 12.3. The summed E-state index contributed by atoms with van der Waals surface area (Å²) in [5, 5.41) is 7.75. The van der Waals surface area contributed by atoms with E-state index in [4.69, 9.17) is 4.74 Å². The van der Waals surface area contributed by atoms with Gasteiger partial charge in [0.2, 0.25) is 10.0 Å². The maximum Gasteiger partial charge on any atom is 0.213 e. The molecule has 0 saturated carbocycles. The van der Waals surface area contributed by atoms with Gasteiger partial charge in [-0.2, -0.15) is 0 Å². The molecule has 9 heteroatoms. The Morgan fingerprint density at radius 3 is 2.94 bits per heavy atom. The molecule has 1 saturated heterocycles. The van der Waals surface area contributed by atoms with Crippen molar-refractivity contribution in [2.45, 2.75) is 45.6 Å². The first-order chi connectivity index (χ1) is 15.0. The Labute approximate surface area is 185 Å². The lowest BCUT2D eigenvalue weighted by Gasteiger charge is -2.22. The van der Waals surface area contributed by atoms with Crippen molar-refractivity contribution in [3.05, 3.63) is 35.5 Å². The summed E-state index contributed by atoms with van der Waals surface area (Å²) in [4.78, 5) is 7.75. The van der Waals surface area contributed by atoms with Gasteiger partial charge in [0.05, 0.1) is 18.4 Å². The van der Waals surface area contributed by atoms with Gasteiger partial charge in [-0.15, -0.1) is 0 Å². The first kappa shape index (κ1) is 23.6. The van der Waals surface area contributed by atoms with Crippen LogP contribution in [0.25, 0.3) is 10.9 Å². The van der Waals surface area contributed by atoms with Crippen LogP contribution in [0, 0.1) is 6.92 Å². The largest absolute Gasteiger partial charge is 0.377 e. The Bertz CT molecular complexity index is 965. The van der Waals surface area contributed by atoms with Crippen LogP contribution in [0.3, 0.4) is 0 Å². The number of aromatic nitrogens is 1. The number of fused-ring (bicyclic) bond motifs is 1. The number of hydrogen-bond acceptors (Lipinski definition) is 4.